The van der Waals surface area contributed by atoms with Crippen molar-refractivity contribution in [1.82, 2.24) is 9.80 Å². The SMILES string of the molecule is Cc1cccc(C)c1N1CC=C[C@]23O[C@@H]4C=CCN(Cc5ccccc5)C(=O)[C@@H]4[C@H]2C(=O)N([C@H](C)CO)C3C1=O. The van der Waals surface area contributed by atoms with E-state index >= 15 is 0 Å². The Morgan fingerprint density at radius 1 is 0.950 bits per heavy atom. The van der Waals surface area contributed by atoms with Crippen LogP contribution >= 0.6 is 0 Å². The van der Waals surface area contributed by atoms with Crippen LogP contribution in [0.3, 0.4) is 0 Å². The number of carbonyl (C=O) groups excluding carboxylic acids is 3. The second-order valence-corrected chi connectivity index (χ2v) is 11.3. The molecule has 0 saturated carbocycles. The number of para-hydroxylation sites is 1. The molecule has 2 aromatic rings. The average molecular weight is 542 g/mol. The molecule has 0 bridgehead atoms. The minimum absolute atomic E-state index is 0.164. The molecule has 1 unspecified atom stereocenters. The van der Waals surface area contributed by atoms with Gasteiger partial charge in [0.15, 0.2) is 0 Å². The zero-order valence-corrected chi connectivity index (χ0v) is 23.1. The molecular weight excluding hydrogens is 506 g/mol. The highest BCUT2D eigenvalue weighted by molar-refractivity contribution is 6.06. The third kappa shape index (κ3) is 3.92. The summed E-state index contributed by atoms with van der Waals surface area (Å²) in [6.07, 6.45) is 6.88. The topological polar surface area (TPSA) is 90.4 Å². The number of hydrogen-bond acceptors (Lipinski definition) is 5. The van der Waals surface area contributed by atoms with Crippen molar-refractivity contribution in [3.63, 3.8) is 0 Å². The van der Waals surface area contributed by atoms with Crippen LogP contribution < -0.4 is 4.90 Å². The fourth-order valence-corrected chi connectivity index (χ4v) is 7.07. The van der Waals surface area contributed by atoms with Crippen molar-refractivity contribution in [1.29, 1.82) is 0 Å². The third-order valence-electron chi connectivity index (χ3n) is 8.84. The summed E-state index contributed by atoms with van der Waals surface area (Å²) >= 11 is 0. The van der Waals surface area contributed by atoms with Crippen molar-refractivity contribution in [3.05, 3.63) is 89.5 Å². The molecule has 1 N–H and O–H groups in total. The Hall–Kier alpha value is -3.75. The molecule has 40 heavy (non-hydrogen) atoms. The van der Waals surface area contributed by atoms with Crippen molar-refractivity contribution in [3.8, 4) is 0 Å². The first-order valence-corrected chi connectivity index (χ1v) is 13.9. The second-order valence-electron chi connectivity index (χ2n) is 11.3. The summed E-state index contributed by atoms with van der Waals surface area (Å²) in [5.74, 6) is -2.43. The van der Waals surface area contributed by atoms with Crippen molar-refractivity contribution >= 4 is 23.4 Å². The highest BCUT2D eigenvalue weighted by Crippen LogP contribution is 2.54. The molecular formula is C32H35N3O5. The zero-order chi connectivity index (χ0) is 28.2. The quantitative estimate of drug-likeness (QED) is 0.588. The summed E-state index contributed by atoms with van der Waals surface area (Å²) < 4.78 is 6.71. The Labute approximate surface area is 234 Å². The molecule has 0 aliphatic carbocycles. The van der Waals surface area contributed by atoms with E-state index < -0.39 is 35.6 Å². The Morgan fingerprint density at radius 3 is 2.38 bits per heavy atom. The summed E-state index contributed by atoms with van der Waals surface area (Å²) in [4.78, 5) is 47.9. The monoisotopic (exact) mass is 541 g/mol. The number of rotatable bonds is 5. The van der Waals surface area contributed by atoms with Crippen molar-refractivity contribution in [2.24, 2.45) is 11.8 Å². The van der Waals surface area contributed by atoms with E-state index in [1.165, 1.54) is 4.90 Å². The van der Waals surface area contributed by atoms with E-state index in [0.717, 1.165) is 22.4 Å². The normalized spacial score (nSPS) is 30.2. The molecule has 2 saturated heterocycles. The van der Waals surface area contributed by atoms with Crippen LogP contribution in [-0.2, 0) is 25.7 Å². The van der Waals surface area contributed by atoms with E-state index in [9.17, 15) is 19.5 Å². The summed E-state index contributed by atoms with van der Waals surface area (Å²) in [7, 11) is 0. The molecule has 1 spiro atoms. The van der Waals surface area contributed by atoms with E-state index in [1.807, 2.05) is 86.7 Å². The number of benzene rings is 2. The first kappa shape index (κ1) is 26.5. The lowest BCUT2D eigenvalue weighted by molar-refractivity contribution is -0.146. The number of ether oxygens (including phenoxy) is 1. The molecule has 3 amide bonds. The van der Waals surface area contributed by atoms with Gasteiger partial charge in [0.25, 0.3) is 5.91 Å². The third-order valence-corrected chi connectivity index (χ3v) is 8.84. The summed E-state index contributed by atoms with van der Waals surface area (Å²) in [5.41, 5.74) is 2.38. The molecule has 6 rings (SSSR count). The van der Waals surface area contributed by atoms with Crippen LogP contribution in [0.25, 0.3) is 0 Å². The molecule has 4 aliphatic heterocycles. The van der Waals surface area contributed by atoms with Crippen molar-refractivity contribution in [2.45, 2.75) is 51.1 Å². The van der Waals surface area contributed by atoms with E-state index in [4.69, 9.17) is 4.74 Å². The lowest BCUT2D eigenvalue weighted by Gasteiger charge is -2.38. The number of anilines is 1. The van der Waals surface area contributed by atoms with Gasteiger partial charge in [0.1, 0.15) is 11.6 Å². The van der Waals surface area contributed by atoms with Gasteiger partial charge < -0.3 is 24.5 Å². The van der Waals surface area contributed by atoms with E-state index in [0.29, 0.717) is 19.6 Å². The van der Waals surface area contributed by atoms with Crippen molar-refractivity contribution in [2.75, 3.05) is 24.6 Å². The summed E-state index contributed by atoms with van der Waals surface area (Å²) in [6, 6.07) is 14.0. The predicted octanol–water partition coefficient (Wildman–Crippen LogP) is 2.77. The van der Waals surface area contributed by atoms with Gasteiger partial charge in [-0.1, -0.05) is 72.8 Å². The second kappa shape index (κ2) is 10.0. The van der Waals surface area contributed by atoms with Crippen LogP contribution in [0.1, 0.15) is 23.6 Å². The number of hydrogen-bond donors (Lipinski definition) is 1. The van der Waals surface area contributed by atoms with E-state index in [2.05, 4.69) is 0 Å². The number of nitrogens with zero attached hydrogens (tertiary/aromatic N) is 3. The lowest BCUT2D eigenvalue weighted by Crippen LogP contribution is -2.58. The standard InChI is InChI=1S/C32H35N3O5/c1-20-10-7-11-21(2)27(20)34-17-9-15-32-26(30(38)35(22(3)19-36)28(32)31(34)39)25-24(40-32)14-8-16-33(29(25)37)18-23-12-5-4-6-13-23/h4-15,22,24-26,28,36H,16-19H2,1-3H3/t22-,24-,25+,26+,28?,32+/m1/s1. The number of carbonyl (C=O) groups is 3. The van der Waals surface area contributed by atoms with Crippen LogP contribution in [0.4, 0.5) is 5.69 Å². The molecule has 6 atom stereocenters. The smallest absolute Gasteiger partial charge is 0.253 e. The fourth-order valence-electron chi connectivity index (χ4n) is 7.07. The Morgan fingerprint density at radius 2 is 1.68 bits per heavy atom. The first-order chi connectivity index (χ1) is 19.3. The minimum Gasteiger partial charge on any atom is -0.394 e. The average Bonchev–Trinajstić information content (AvgIpc) is 3.28. The van der Waals surface area contributed by atoms with Gasteiger partial charge in [-0.05, 0) is 37.5 Å². The van der Waals surface area contributed by atoms with Crippen LogP contribution in [0.15, 0.2) is 72.8 Å². The number of aliphatic hydroxyl groups is 1. The fraction of sp³-hybridized carbons (Fsp3) is 0.406. The zero-order valence-electron chi connectivity index (χ0n) is 23.1. The summed E-state index contributed by atoms with van der Waals surface area (Å²) in [5, 5.41) is 10.2. The van der Waals surface area contributed by atoms with E-state index in [1.54, 1.807) is 16.7 Å². The van der Waals surface area contributed by atoms with Gasteiger partial charge in [-0.3, -0.25) is 14.4 Å². The molecule has 2 fully saturated rings. The first-order valence-electron chi connectivity index (χ1n) is 13.9. The maximum absolute atomic E-state index is 14.5. The molecule has 0 radical (unpaired) electrons. The number of likely N-dealkylation sites (tertiary alicyclic amines) is 1. The Balaban J connectivity index is 1.43. The number of amides is 3. The number of aliphatic hydroxyl groups excluding tert-OH is 1. The number of aryl methyl sites for hydroxylation is 2. The Bertz CT molecular complexity index is 1380. The van der Waals surface area contributed by atoms with E-state index in [-0.39, 0.29) is 24.3 Å². The summed E-state index contributed by atoms with van der Waals surface area (Å²) in [6.45, 7) is 6.48. The molecule has 208 valence electrons. The maximum Gasteiger partial charge on any atom is 0.253 e. The highest BCUT2D eigenvalue weighted by atomic mass is 16.5. The largest absolute Gasteiger partial charge is 0.394 e. The van der Waals surface area contributed by atoms with Gasteiger partial charge in [-0.15, -0.1) is 0 Å². The molecule has 2 aromatic carbocycles. The van der Waals surface area contributed by atoms with Gasteiger partial charge >= 0.3 is 0 Å². The Kier molecular flexibility index (Phi) is 6.63. The van der Waals surface area contributed by atoms with Crippen LogP contribution in [-0.4, -0.2) is 76.1 Å². The maximum atomic E-state index is 14.5. The molecule has 8 nitrogen and oxygen atoms in total. The lowest BCUT2D eigenvalue weighted by atomic mass is 9.77. The van der Waals surface area contributed by atoms with Gasteiger partial charge in [0.05, 0.1) is 30.6 Å². The molecule has 4 heterocycles. The predicted molar refractivity (Wildman–Crippen MR) is 150 cm³/mol. The van der Waals surface area contributed by atoms with Gasteiger partial charge in [-0.25, -0.2) is 0 Å². The van der Waals surface area contributed by atoms with Crippen LogP contribution in [0.5, 0.6) is 0 Å². The van der Waals surface area contributed by atoms with Crippen molar-refractivity contribution < 1.29 is 24.2 Å². The van der Waals surface area contributed by atoms with Gasteiger partial charge in [-0.2, -0.15) is 0 Å². The number of fused-ring (bicyclic) bond motifs is 2. The molecule has 4 aliphatic rings. The molecule has 0 aromatic heterocycles. The van der Waals surface area contributed by atoms with Gasteiger partial charge in [0.2, 0.25) is 11.8 Å². The van der Waals surface area contributed by atoms with Crippen LogP contribution in [0.2, 0.25) is 0 Å². The molecule has 8 heteroatoms. The highest BCUT2D eigenvalue weighted by Gasteiger charge is 2.72. The minimum atomic E-state index is -1.33. The van der Waals surface area contributed by atoms with Gasteiger partial charge in [0, 0.05) is 25.3 Å². The van der Waals surface area contributed by atoms with Crippen LogP contribution in [0, 0.1) is 25.7 Å².